The summed E-state index contributed by atoms with van der Waals surface area (Å²) in [6.07, 6.45) is 3.05. The predicted octanol–water partition coefficient (Wildman–Crippen LogP) is 3.91. The minimum atomic E-state index is -0.877. The van der Waals surface area contributed by atoms with E-state index in [1.54, 1.807) is 23.1 Å². The van der Waals surface area contributed by atoms with Crippen molar-refractivity contribution in [3.63, 3.8) is 0 Å². The number of hydrogen-bond acceptors (Lipinski definition) is 5. The number of nitrogens with one attached hydrogen (secondary N) is 1. The average Bonchev–Trinajstić information content (AvgIpc) is 3.23. The molecule has 8 heteroatoms. The monoisotopic (exact) mass is 484 g/mol. The molecule has 0 spiro atoms. The Morgan fingerprint density at radius 3 is 2.33 bits per heavy atom. The fraction of sp³-hybridized carbons (Fsp3) is 0.250. The van der Waals surface area contributed by atoms with Crippen LogP contribution >= 0.6 is 0 Å². The van der Waals surface area contributed by atoms with Crippen LogP contribution < -0.4 is 16.8 Å². The van der Waals surface area contributed by atoms with Crippen molar-refractivity contribution in [1.29, 1.82) is 0 Å². The van der Waals surface area contributed by atoms with Crippen molar-refractivity contribution in [2.75, 3.05) is 18.4 Å². The highest BCUT2D eigenvalue weighted by Gasteiger charge is 2.21. The van der Waals surface area contributed by atoms with Crippen molar-refractivity contribution < 1.29 is 14.0 Å². The SMILES string of the molecule is NC(C(=O)Nc1ccc2oc(=O)n(CC(=O)N3CCCCC3)c2c1)c1ccc(-c2ccccc2)cc1. The summed E-state index contributed by atoms with van der Waals surface area (Å²) in [6.45, 7) is 1.31. The van der Waals surface area contributed by atoms with E-state index in [9.17, 15) is 14.4 Å². The molecular formula is C28H28N4O4. The smallest absolute Gasteiger partial charge is 0.408 e. The van der Waals surface area contributed by atoms with Crippen molar-refractivity contribution in [3.8, 4) is 11.1 Å². The third kappa shape index (κ3) is 4.94. The zero-order valence-corrected chi connectivity index (χ0v) is 19.9. The lowest BCUT2D eigenvalue weighted by Crippen LogP contribution is -2.39. The summed E-state index contributed by atoms with van der Waals surface area (Å²) in [6, 6.07) is 21.5. The van der Waals surface area contributed by atoms with Gasteiger partial charge in [0.15, 0.2) is 5.58 Å². The first kappa shape index (κ1) is 23.6. The quantitative estimate of drug-likeness (QED) is 0.431. The molecule has 1 aliphatic heterocycles. The molecule has 4 aromatic rings. The van der Waals surface area contributed by atoms with Gasteiger partial charge in [-0.2, -0.15) is 0 Å². The molecule has 8 nitrogen and oxygen atoms in total. The van der Waals surface area contributed by atoms with Crippen molar-refractivity contribution in [2.24, 2.45) is 5.73 Å². The van der Waals surface area contributed by atoms with Gasteiger partial charge in [-0.05, 0) is 54.2 Å². The van der Waals surface area contributed by atoms with Gasteiger partial charge in [-0.1, -0.05) is 54.6 Å². The predicted molar refractivity (Wildman–Crippen MR) is 138 cm³/mol. The molecule has 1 aliphatic rings. The molecule has 0 aliphatic carbocycles. The highest BCUT2D eigenvalue weighted by Crippen LogP contribution is 2.23. The number of benzene rings is 3. The number of hydrogen-bond donors (Lipinski definition) is 2. The molecule has 2 amide bonds. The van der Waals surface area contributed by atoms with Crippen molar-refractivity contribution in [1.82, 2.24) is 9.47 Å². The number of aromatic nitrogens is 1. The van der Waals surface area contributed by atoms with Crippen molar-refractivity contribution in [3.05, 3.63) is 88.9 Å². The van der Waals surface area contributed by atoms with Crippen LogP contribution in [0.25, 0.3) is 22.2 Å². The second-order valence-corrected chi connectivity index (χ2v) is 9.03. The van der Waals surface area contributed by atoms with Gasteiger partial charge in [0.1, 0.15) is 12.6 Å². The summed E-state index contributed by atoms with van der Waals surface area (Å²) in [5.74, 6) is -1.10. The summed E-state index contributed by atoms with van der Waals surface area (Å²) in [4.78, 5) is 39.8. The molecule has 3 N–H and O–H groups in total. The number of likely N-dealkylation sites (tertiary alicyclic amines) is 1. The number of oxazole rings is 1. The van der Waals surface area contributed by atoms with E-state index in [0.717, 1.165) is 30.4 Å². The summed E-state index contributed by atoms with van der Waals surface area (Å²) < 4.78 is 6.62. The largest absolute Gasteiger partial charge is 0.420 e. The first-order valence-electron chi connectivity index (χ1n) is 12.1. The lowest BCUT2D eigenvalue weighted by Gasteiger charge is -2.26. The van der Waals surface area contributed by atoms with E-state index >= 15 is 0 Å². The molecule has 2 heterocycles. The van der Waals surface area contributed by atoms with Gasteiger partial charge in [0.2, 0.25) is 11.8 Å². The Kier molecular flexibility index (Phi) is 6.69. The van der Waals surface area contributed by atoms with Crippen LogP contribution in [0.5, 0.6) is 0 Å². The highest BCUT2D eigenvalue weighted by molar-refractivity contribution is 5.97. The van der Waals surface area contributed by atoms with Gasteiger partial charge < -0.3 is 20.4 Å². The van der Waals surface area contributed by atoms with Crippen LogP contribution in [0.4, 0.5) is 5.69 Å². The molecule has 1 atom stereocenters. The van der Waals surface area contributed by atoms with Crippen LogP contribution in [-0.2, 0) is 16.1 Å². The topological polar surface area (TPSA) is 111 Å². The fourth-order valence-electron chi connectivity index (χ4n) is 4.55. The number of nitrogens with two attached hydrogens (primary N) is 1. The van der Waals surface area contributed by atoms with Gasteiger partial charge in [-0.15, -0.1) is 0 Å². The maximum absolute atomic E-state index is 12.9. The van der Waals surface area contributed by atoms with Crippen molar-refractivity contribution in [2.45, 2.75) is 31.8 Å². The molecular weight excluding hydrogens is 456 g/mol. The molecule has 0 saturated carbocycles. The van der Waals surface area contributed by atoms with Crippen LogP contribution in [0.2, 0.25) is 0 Å². The summed E-state index contributed by atoms with van der Waals surface area (Å²) in [7, 11) is 0. The molecule has 184 valence electrons. The van der Waals surface area contributed by atoms with E-state index in [4.69, 9.17) is 10.2 Å². The van der Waals surface area contributed by atoms with Crippen LogP contribution in [-0.4, -0.2) is 34.4 Å². The van der Waals surface area contributed by atoms with E-state index in [0.29, 0.717) is 35.4 Å². The lowest BCUT2D eigenvalue weighted by molar-refractivity contribution is -0.132. The molecule has 0 radical (unpaired) electrons. The van der Waals surface area contributed by atoms with Gasteiger partial charge in [0.25, 0.3) is 0 Å². The lowest BCUT2D eigenvalue weighted by atomic mass is 10.0. The second-order valence-electron chi connectivity index (χ2n) is 9.03. The minimum absolute atomic E-state index is 0.101. The first-order valence-corrected chi connectivity index (χ1v) is 12.1. The standard InChI is InChI=1S/C28H28N4O4/c29-26(21-11-9-20(10-12-21)19-7-3-1-4-8-19)27(34)30-22-13-14-24-23(17-22)32(28(35)36-24)18-25(33)31-15-5-2-6-16-31/h1,3-4,7-14,17,26H,2,5-6,15-16,18,29H2,(H,30,34). The average molecular weight is 485 g/mol. The number of amides is 2. The number of nitrogens with zero attached hydrogens (tertiary/aromatic N) is 2. The van der Waals surface area contributed by atoms with Crippen LogP contribution in [0.3, 0.4) is 0 Å². The molecule has 3 aromatic carbocycles. The maximum atomic E-state index is 12.9. The summed E-state index contributed by atoms with van der Waals surface area (Å²) in [5.41, 5.74) is 10.3. The number of anilines is 1. The van der Waals surface area contributed by atoms with Gasteiger partial charge in [0, 0.05) is 18.8 Å². The van der Waals surface area contributed by atoms with E-state index in [1.165, 1.54) is 4.57 Å². The number of carbonyl (C=O) groups is 2. The zero-order valence-electron chi connectivity index (χ0n) is 19.9. The van der Waals surface area contributed by atoms with Gasteiger partial charge in [-0.3, -0.25) is 14.2 Å². The van der Waals surface area contributed by atoms with E-state index in [-0.39, 0.29) is 18.4 Å². The van der Waals surface area contributed by atoms with Gasteiger partial charge in [0.05, 0.1) is 5.52 Å². The van der Waals surface area contributed by atoms with E-state index in [2.05, 4.69) is 5.32 Å². The minimum Gasteiger partial charge on any atom is -0.408 e. The highest BCUT2D eigenvalue weighted by atomic mass is 16.4. The fourth-order valence-corrected chi connectivity index (χ4v) is 4.55. The third-order valence-electron chi connectivity index (χ3n) is 6.60. The molecule has 1 saturated heterocycles. The molecule has 1 fully saturated rings. The number of carbonyl (C=O) groups excluding carboxylic acids is 2. The Balaban J connectivity index is 1.31. The Labute approximate surface area is 208 Å². The number of rotatable bonds is 6. The Bertz CT molecular complexity index is 1430. The van der Waals surface area contributed by atoms with Crippen molar-refractivity contribution >= 4 is 28.6 Å². The Morgan fingerprint density at radius 1 is 0.917 bits per heavy atom. The van der Waals surface area contributed by atoms with Gasteiger partial charge >= 0.3 is 5.76 Å². The van der Waals surface area contributed by atoms with E-state index < -0.39 is 11.8 Å². The van der Waals surface area contributed by atoms with Gasteiger partial charge in [-0.25, -0.2) is 4.79 Å². The zero-order chi connectivity index (χ0) is 25.1. The number of piperidine rings is 1. The molecule has 36 heavy (non-hydrogen) atoms. The van der Waals surface area contributed by atoms with Crippen LogP contribution in [0, 0.1) is 0 Å². The second kappa shape index (κ2) is 10.2. The van der Waals surface area contributed by atoms with Crippen LogP contribution in [0.15, 0.2) is 82.0 Å². The molecule has 1 aromatic heterocycles. The molecule has 1 unspecified atom stereocenters. The molecule has 5 rings (SSSR count). The molecule has 0 bridgehead atoms. The Morgan fingerprint density at radius 2 is 1.61 bits per heavy atom. The third-order valence-corrected chi connectivity index (χ3v) is 6.60. The first-order chi connectivity index (χ1) is 17.5. The maximum Gasteiger partial charge on any atom is 0.420 e. The van der Waals surface area contributed by atoms with E-state index in [1.807, 2.05) is 54.6 Å². The summed E-state index contributed by atoms with van der Waals surface area (Å²) >= 11 is 0. The summed E-state index contributed by atoms with van der Waals surface area (Å²) in [5, 5.41) is 2.82. The normalized spacial score (nSPS) is 14.5. The Hall–Kier alpha value is -4.17. The van der Waals surface area contributed by atoms with Crippen LogP contribution in [0.1, 0.15) is 30.9 Å². The number of fused-ring (bicyclic) bond motifs is 1.